The third-order valence-electron chi connectivity index (χ3n) is 4.39. The second kappa shape index (κ2) is 6.87. The molecule has 1 amide bonds. The molecule has 9 nitrogen and oxygen atoms in total. The van der Waals surface area contributed by atoms with Gasteiger partial charge in [0.2, 0.25) is 0 Å². The monoisotopic (exact) mass is 372 g/mol. The number of nitrogens with zero attached hydrogens (tertiary/aromatic N) is 6. The second-order valence-corrected chi connectivity index (χ2v) is 7.04. The van der Waals surface area contributed by atoms with Crippen LogP contribution in [0.15, 0.2) is 12.7 Å². The number of aromatic amines is 1. The summed E-state index contributed by atoms with van der Waals surface area (Å²) in [6.07, 6.45) is 3.15. The maximum atomic E-state index is 12.9. The Kier molecular flexibility index (Phi) is 4.41. The summed E-state index contributed by atoms with van der Waals surface area (Å²) in [6.45, 7) is 7.42. The van der Waals surface area contributed by atoms with Gasteiger partial charge in [0, 0.05) is 32.7 Å². The van der Waals surface area contributed by atoms with Crippen molar-refractivity contribution in [1.29, 1.82) is 0 Å². The molecule has 0 unspecified atom stereocenters. The van der Waals surface area contributed by atoms with E-state index in [1.807, 2.05) is 18.7 Å². The number of anilines is 2. The number of piperazine rings is 1. The smallest absolute Gasteiger partial charge is 0.266 e. The number of fused-ring (bicyclic) bond motifs is 1. The van der Waals surface area contributed by atoms with Gasteiger partial charge in [-0.05, 0) is 13.8 Å². The fourth-order valence-corrected chi connectivity index (χ4v) is 4.08. The Labute approximate surface area is 154 Å². The molecule has 4 heterocycles. The van der Waals surface area contributed by atoms with Gasteiger partial charge in [-0.1, -0.05) is 11.3 Å². The number of amides is 1. The first-order valence-corrected chi connectivity index (χ1v) is 9.38. The number of carbonyl (C=O) groups excluding carboxylic acids is 1. The fraction of sp³-hybridized carbons (Fsp3) is 0.438. The molecular formula is C16H20N8OS. The molecule has 3 aromatic rings. The molecule has 26 heavy (non-hydrogen) atoms. The molecule has 1 aliphatic rings. The first kappa shape index (κ1) is 16.7. The van der Waals surface area contributed by atoms with Crippen LogP contribution in [0.3, 0.4) is 0 Å². The van der Waals surface area contributed by atoms with E-state index in [2.05, 4.69) is 35.1 Å². The lowest BCUT2D eigenvalue weighted by Crippen LogP contribution is -2.49. The minimum absolute atomic E-state index is 0.0539. The normalized spacial score (nSPS) is 14.8. The largest absolute Gasteiger partial charge is 0.362 e. The van der Waals surface area contributed by atoms with E-state index in [1.54, 1.807) is 6.33 Å². The highest BCUT2D eigenvalue weighted by Gasteiger charge is 2.27. The average Bonchev–Trinajstić information content (AvgIpc) is 3.28. The summed E-state index contributed by atoms with van der Waals surface area (Å²) < 4.78 is 0. The van der Waals surface area contributed by atoms with E-state index < -0.39 is 0 Å². The number of hydrogen-bond donors (Lipinski definition) is 2. The van der Waals surface area contributed by atoms with Crippen LogP contribution in [0.25, 0.3) is 11.2 Å². The van der Waals surface area contributed by atoms with E-state index in [9.17, 15) is 4.79 Å². The van der Waals surface area contributed by atoms with Gasteiger partial charge in [0.05, 0.1) is 12.0 Å². The van der Waals surface area contributed by atoms with Crippen molar-refractivity contribution in [3.05, 3.63) is 23.2 Å². The summed E-state index contributed by atoms with van der Waals surface area (Å²) >= 11 is 1.43. The number of rotatable bonds is 4. The molecule has 1 aliphatic heterocycles. The first-order chi connectivity index (χ1) is 12.7. The van der Waals surface area contributed by atoms with Crippen molar-refractivity contribution < 1.29 is 4.79 Å². The molecule has 4 rings (SSSR count). The van der Waals surface area contributed by atoms with E-state index in [0.717, 1.165) is 41.8 Å². The number of imidazole rings is 1. The molecule has 136 valence electrons. The van der Waals surface area contributed by atoms with Gasteiger partial charge >= 0.3 is 0 Å². The zero-order valence-electron chi connectivity index (χ0n) is 14.7. The van der Waals surface area contributed by atoms with Crippen LogP contribution in [0.4, 0.5) is 10.9 Å². The van der Waals surface area contributed by atoms with Crippen LogP contribution in [0.5, 0.6) is 0 Å². The molecule has 0 atom stereocenters. The van der Waals surface area contributed by atoms with Gasteiger partial charge in [-0.15, -0.1) is 0 Å². The first-order valence-electron chi connectivity index (χ1n) is 8.57. The summed E-state index contributed by atoms with van der Waals surface area (Å²) in [6, 6.07) is 0. The predicted octanol–water partition coefficient (Wildman–Crippen LogP) is 1.51. The van der Waals surface area contributed by atoms with E-state index in [1.165, 1.54) is 17.7 Å². The van der Waals surface area contributed by atoms with Gasteiger partial charge in [0.1, 0.15) is 16.7 Å². The topological polar surface area (TPSA) is 103 Å². The van der Waals surface area contributed by atoms with Crippen molar-refractivity contribution in [2.45, 2.75) is 13.8 Å². The minimum Gasteiger partial charge on any atom is -0.362 e. The molecule has 3 aromatic heterocycles. The molecule has 0 aliphatic carbocycles. The maximum Gasteiger partial charge on any atom is 0.266 e. The SMILES string of the molecule is CCNc1nc(C)c(C(=O)N2CCN(c3ncnc4nc[nH]c34)CC2)s1. The summed E-state index contributed by atoms with van der Waals surface area (Å²) in [5.74, 6) is 0.890. The van der Waals surface area contributed by atoms with Crippen LogP contribution in [0, 0.1) is 6.92 Å². The van der Waals surface area contributed by atoms with Crippen molar-refractivity contribution in [2.24, 2.45) is 0 Å². The third kappa shape index (κ3) is 2.96. The molecule has 0 saturated carbocycles. The molecule has 10 heteroatoms. The van der Waals surface area contributed by atoms with Crippen LogP contribution >= 0.6 is 11.3 Å². The van der Waals surface area contributed by atoms with Gasteiger partial charge < -0.3 is 20.1 Å². The van der Waals surface area contributed by atoms with Crippen LogP contribution < -0.4 is 10.2 Å². The van der Waals surface area contributed by atoms with Crippen molar-refractivity contribution in [1.82, 2.24) is 29.8 Å². The van der Waals surface area contributed by atoms with E-state index in [-0.39, 0.29) is 5.91 Å². The Hall–Kier alpha value is -2.75. The zero-order chi connectivity index (χ0) is 18.1. The number of nitrogens with one attached hydrogen (secondary N) is 2. The number of H-pyrrole nitrogens is 1. The number of thiazole rings is 1. The minimum atomic E-state index is 0.0539. The van der Waals surface area contributed by atoms with Gasteiger partial charge in [-0.3, -0.25) is 4.79 Å². The van der Waals surface area contributed by atoms with Crippen molar-refractivity contribution in [3.63, 3.8) is 0 Å². The quantitative estimate of drug-likeness (QED) is 0.715. The Morgan fingerprint density at radius 3 is 2.85 bits per heavy atom. The van der Waals surface area contributed by atoms with E-state index in [4.69, 9.17) is 0 Å². The molecule has 1 fully saturated rings. The predicted molar refractivity (Wildman–Crippen MR) is 101 cm³/mol. The number of aryl methyl sites for hydroxylation is 1. The molecule has 0 aromatic carbocycles. The van der Waals surface area contributed by atoms with Gasteiger partial charge in [0.15, 0.2) is 16.6 Å². The highest BCUT2D eigenvalue weighted by molar-refractivity contribution is 7.17. The number of carbonyl (C=O) groups is 1. The van der Waals surface area contributed by atoms with Crippen LogP contribution in [-0.4, -0.2) is 68.5 Å². The lowest BCUT2D eigenvalue weighted by Gasteiger charge is -2.35. The van der Waals surface area contributed by atoms with Crippen LogP contribution in [-0.2, 0) is 0 Å². The summed E-state index contributed by atoms with van der Waals surface area (Å²) in [5.41, 5.74) is 2.28. The Morgan fingerprint density at radius 2 is 2.08 bits per heavy atom. The lowest BCUT2D eigenvalue weighted by atomic mass is 10.2. The summed E-state index contributed by atoms with van der Waals surface area (Å²) in [7, 11) is 0. The molecule has 2 N–H and O–H groups in total. The summed E-state index contributed by atoms with van der Waals surface area (Å²) in [5, 5.41) is 3.97. The third-order valence-corrected chi connectivity index (χ3v) is 5.49. The molecule has 0 spiro atoms. The highest BCUT2D eigenvalue weighted by Crippen LogP contribution is 2.25. The molecule has 1 saturated heterocycles. The van der Waals surface area contributed by atoms with Crippen molar-refractivity contribution in [2.75, 3.05) is 42.9 Å². The average molecular weight is 372 g/mol. The van der Waals surface area contributed by atoms with Crippen LogP contribution in [0.2, 0.25) is 0 Å². The van der Waals surface area contributed by atoms with Gasteiger partial charge in [-0.25, -0.2) is 19.9 Å². The standard InChI is InChI=1S/C16H20N8OS/c1-3-17-16-22-10(2)12(26-16)15(25)24-6-4-23(5-7-24)14-11-13(19-8-18-11)20-9-21-14/h8-9H,3-7H2,1-2H3,(H,17,22)(H,18,19,20,21). The van der Waals surface area contributed by atoms with Crippen molar-refractivity contribution in [3.8, 4) is 0 Å². The van der Waals surface area contributed by atoms with Crippen molar-refractivity contribution >= 4 is 39.4 Å². The Bertz CT molecular complexity index is 927. The Morgan fingerprint density at radius 1 is 1.27 bits per heavy atom. The van der Waals surface area contributed by atoms with Gasteiger partial charge in [0.25, 0.3) is 5.91 Å². The van der Waals surface area contributed by atoms with Gasteiger partial charge in [-0.2, -0.15) is 0 Å². The second-order valence-electron chi connectivity index (χ2n) is 6.04. The lowest BCUT2D eigenvalue weighted by molar-refractivity contribution is 0.0750. The molecule has 0 bridgehead atoms. The van der Waals surface area contributed by atoms with E-state index in [0.29, 0.717) is 23.6 Å². The molecular weight excluding hydrogens is 352 g/mol. The van der Waals surface area contributed by atoms with Crippen LogP contribution in [0.1, 0.15) is 22.3 Å². The number of aromatic nitrogens is 5. The molecule has 0 radical (unpaired) electrons. The maximum absolute atomic E-state index is 12.9. The fourth-order valence-electron chi connectivity index (χ4n) is 3.08. The van der Waals surface area contributed by atoms with E-state index >= 15 is 0 Å². The zero-order valence-corrected chi connectivity index (χ0v) is 15.5. The Balaban J connectivity index is 1.46. The highest BCUT2D eigenvalue weighted by atomic mass is 32.1. The number of hydrogen-bond acceptors (Lipinski definition) is 8. The summed E-state index contributed by atoms with van der Waals surface area (Å²) in [4.78, 5) is 37.9.